The molecule has 3 aromatic rings. The van der Waals surface area contributed by atoms with Crippen molar-refractivity contribution >= 4 is 11.6 Å². The van der Waals surface area contributed by atoms with Gasteiger partial charge in [0, 0.05) is 12.1 Å². The van der Waals surface area contributed by atoms with Gasteiger partial charge in [-0.05, 0) is 41.8 Å². The second-order valence-electron chi connectivity index (χ2n) is 6.13. The molecule has 0 aliphatic rings. The Morgan fingerprint density at radius 1 is 1.04 bits per heavy atom. The van der Waals surface area contributed by atoms with Crippen molar-refractivity contribution < 1.29 is 9.47 Å². The van der Waals surface area contributed by atoms with Crippen LogP contribution in [0.1, 0.15) is 11.1 Å². The van der Waals surface area contributed by atoms with E-state index in [0.29, 0.717) is 23.7 Å². The first kappa shape index (κ1) is 19.9. The maximum atomic E-state index is 13.0. The van der Waals surface area contributed by atoms with Crippen LogP contribution in [0.25, 0.3) is 5.69 Å². The molecule has 3 rings (SSSR count). The minimum atomic E-state index is -0.589. The number of aromatic nitrogens is 3. The fraction of sp³-hybridized carbons (Fsp3) is 0.250. The van der Waals surface area contributed by atoms with Gasteiger partial charge in [0.1, 0.15) is 0 Å². The van der Waals surface area contributed by atoms with Crippen molar-refractivity contribution in [2.45, 2.75) is 13.0 Å². The molecule has 1 heterocycles. The summed E-state index contributed by atoms with van der Waals surface area (Å²) in [6.07, 6.45) is 0.695. The highest BCUT2D eigenvalue weighted by molar-refractivity contribution is 6.30. The molecule has 0 atom stereocenters. The Hall–Kier alpha value is -2.90. The summed E-state index contributed by atoms with van der Waals surface area (Å²) in [4.78, 5) is 25.6. The average molecular weight is 402 g/mol. The van der Waals surface area contributed by atoms with E-state index >= 15 is 0 Å². The van der Waals surface area contributed by atoms with Gasteiger partial charge < -0.3 is 9.47 Å². The molecule has 0 bridgehead atoms. The van der Waals surface area contributed by atoms with E-state index in [9.17, 15) is 9.59 Å². The van der Waals surface area contributed by atoms with Gasteiger partial charge in [-0.2, -0.15) is 4.68 Å². The highest BCUT2D eigenvalue weighted by atomic mass is 35.5. The van der Waals surface area contributed by atoms with Crippen molar-refractivity contribution in [3.8, 4) is 11.6 Å². The van der Waals surface area contributed by atoms with Crippen LogP contribution in [0, 0.1) is 0 Å². The van der Waals surface area contributed by atoms with Crippen LogP contribution in [-0.4, -0.2) is 35.2 Å². The molecule has 8 heteroatoms. The monoisotopic (exact) mass is 401 g/mol. The molecule has 0 saturated heterocycles. The lowest BCUT2D eigenvalue weighted by molar-refractivity contribution is 0.202. The molecule has 7 nitrogen and oxygen atoms in total. The third kappa shape index (κ3) is 4.32. The molecule has 0 radical (unpaired) electrons. The first-order chi connectivity index (χ1) is 13.5. The smallest absolute Gasteiger partial charge is 0.352 e. The van der Waals surface area contributed by atoms with Crippen LogP contribution >= 0.6 is 11.6 Å². The van der Waals surface area contributed by atoms with Gasteiger partial charge in [0.05, 0.1) is 25.9 Å². The molecule has 28 heavy (non-hydrogen) atoms. The van der Waals surface area contributed by atoms with Crippen LogP contribution < -0.4 is 16.0 Å². The van der Waals surface area contributed by atoms with Crippen molar-refractivity contribution in [1.29, 1.82) is 0 Å². The van der Waals surface area contributed by atoms with Gasteiger partial charge in [-0.3, -0.25) is 4.79 Å². The van der Waals surface area contributed by atoms with Crippen LogP contribution in [0.15, 0.2) is 58.1 Å². The summed E-state index contributed by atoms with van der Waals surface area (Å²) < 4.78 is 12.5. The summed E-state index contributed by atoms with van der Waals surface area (Å²) in [5.74, 6) is -0.157. The highest BCUT2D eigenvalue weighted by Crippen LogP contribution is 2.12. The topological polar surface area (TPSA) is 75.3 Å². The van der Waals surface area contributed by atoms with Gasteiger partial charge in [0.2, 0.25) is 0 Å². The molecule has 0 amide bonds. The Kier molecular flexibility index (Phi) is 6.28. The van der Waals surface area contributed by atoms with Gasteiger partial charge in [0.25, 0.3) is 5.88 Å². The van der Waals surface area contributed by atoms with Crippen LogP contribution in [0.4, 0.5) is 0 Å². The molecule has 0 aliphatic heterocycles. The van der Waals surface area contributed by atoms with Crippen molar-refractivity contribution in [2.24, 2.45) is 0 Å². The zero-order valence-corrected chi connectivity index (χ0v) is 16.3. The Bertz CT molecular complexity index is 1070. The lowest BCUT2D eigenvalue weighted by Crippen LogP contribution is -2.41. The zero-order chi connectivity index (χ0) is 20.1. The third-order valence-electron chi connectivity index (χ3n) is 4.23. The number of ether oxygens (including phenoxy) is 2. The fourth-order valence-corrected chi connectivity index (χ4v) is 2.89. The van der Waals surface area contributed by atoms with Crippen LogP contribution in [0.3, 0.4) is 0 Å². The van der Waals surface area contributed by atoms with E-state index in [1.807, 2.05) is 18.2 Å². The van der Waals surface area contributed by atoms with Crippen molar-refractivity contribution in [2.75, 3.05) is 20.8 Å². The first-order valence-electron chi connectivity index (χ1n) is 8.64. The summed E-state index contributed by atoms with van der Waals surface area (Å²) in [5, 5.41) is 4.67. The van der Waals surface area contributed by atoms with Gasteiger partial charge in [-0.1, -0.05) is 35.9 Å². The van der Waals surface area contributed by atoms with E-state index in [1.165, 1.54) is 11.8 Å². The molecule has 0 aliphatic carbocycles. The number of benzene rings is 2. The van der Waals surface area contributed by atoms with Crippen molar-refractivity contribution in [1.82, 2.24) is 14.3 Å². The van der Waals surface area contributed by atoms with Crippen LogP contribution in [0.5, 0.6) is 5.88 Å². The summed E-state index contributed by atoms with van der Waals surface area (Å²) >= 11 is 5.91. The lowest BCUT2D eigenvalue weighted by atomic mass is 10.1. The SMILES string of the molecule is COCCc1cccc(-n2nc(OC)c(=O)n(Cc3ccc(Cl)cc3)c2=O)c1. The maximum Gasteiger partial charge on any atom is 0.352 e. The maximum absolute atomic E-state index is 13.0. The average Bonchev–Trinajstić information content (AvgIpc) is 2.71. The van der Waals surface area contributed by atoms with E-state index < -0.39 is 11.2 Å². The van der Waals surface area contributed by atoms with E-state index in [2.05, 4.69) is 5.10 Å². The quantitative estimate of drug-likeness (QED) is 0.607. The van der Waals surface area contributed by atoms with Crippen molar-refractivity contribution in [3.63, 3.8) is 0 Å². The molecule has 0 fully saturated rings. The second kappa shape index (κ2) is 8.86. The van der Waals surface area contributed by atoms with E-state index in [1.54, 1.807) is 37.4 Å². The highest BCUT2D eigenvalue weighted by Gasteiger charge is 2.15. The molecular formula is C20H20ClN3O4. The number of hydrogen-bond acceptors (Lipinski definition) is 5. The summed E-state index contributed by atoms with van der Waals surface area (Å²) in [5.41, 5.74) is 1.15. The summed E-state index contributed by atoms with van der Waals surface area (Å²) in [6.45, 7) is 0.641. The standard InChI is InChI=1S/C20H20ClN3O4/c1-27-11-10-14-4-3-5-17(12-14)24-20(26)23(19(25)18(22-24)28-2)13-15-6-8-16(21)9-7-15/h3-9,12H,10-11,13H2,1-2H3. The molecule has 0 spiro atoms. The largest absolute Gasteiger partial charge is 0.476 e. The normalized spacial score (nSPS) is 10.8. The molecule has 2 aromatic carbocycles. The summed E-state index contributed by atoms with van der Waals surface area (Å²) in [7, 11) is 2.98. The van der Waals surface area contributed by atoms with Crippen molar-refractivity contribution in [3.05, 3.63) is 85.5 Å². The number of rotatable bonds is 7. The molecule has 1 aromatic heterocycles. The minimum Gasteiger partial charge on any atom is -0.476 e. The van der Waals surface area contributed by atoms with E-state index in [-0.39, 0.29) is 12.4 Å². The Morgan fingerprint density at radius 2 is 1.79 bits per heavy atom. The minimum absolute atomic E-state index is 0.0804. The summed E-state index contributed by atoms with van der Waals surface area (Å²) in [6, 6.07) is 14.3. The molecule has 0 saturated carbocycles. The fourth-order valence-electron chi connectivity index (χ4n) is 2.76. The third-order valence-corrected chi connectivity index (χ3v) is 4.48. The van der Waals surface area contributed by atoms with Gasteiger partial charge in [-0.15, -0.1) is 5.10 Å². The first-order valence-corrected chi connectivity index (χ1v) is 9.02. The number of methoxy groups -OCH3 is 2. The van der Waals surface area contributed by atoms with Crippen LogP contribution in [-0.2, 0) is 17.7 Å². The predicted molar refractivity (Wildman–Crippen MR) is 107 cm³/mol. The number of halogens is 1. The predicted octanol–water partition coefficient (Wildman–Crippen LogP) is 2.29. The van der Waals surface area contributed by atoms with Crippen LogP contribution in [0.2, 0.25) is 5.02 Å². The van der Waals surface area contributed by atoms with Gasteiger partial charge >= 0.3 is 11.2 Å². The molecular weight excluding hydrogens is 382 g/mol. The Labute approximate surface area is 166 Å². The van der Waals surface area contributed by atoms with E-state index in [0.717, 1.165) is 15.7 Å². The lowest BCUT2D eigenvalue weighted by Gasteiger charge is -2.12. The molecule has 0 unspecified atom stereocenters. The number of hydrogen-bond donors (Lipinski definition) is 0. The molecule has 0 N–H and O–H groups in total. The Morgan fingerprint density at radius 3 is 2.46 bits per heavy atom. The molecule has 146 valence electrons. The Balaban J connectivity index is 2.09. The number of nitrogens with zero attached hydrogens (tertiary/aromatic N) is 3. The van der Waals surface area contributed by atoms with Gasteiger partial charge in [-0.25, -0.2) is 9.36 Å². The zero-order valence-electron chi connectivity index (χ0n) is 15.6. The second-order valence-corrected chi connectivity index (χ2v) is 6.57. The van der Waals surface area contributed by atoms with E-state index in [4.69, 9.17) is 21.1 Å². The van der Waals surface area contributed by atoms with Gasteiger partial charge in [0.15, 0.2) is 0 Å².